The van der Waals surface area contributed by atoms with Crippen LogP contribution in [0.25, 0.3) is 11.4 Å². The fraction of sp³-hybridized carbons (Fsp3) is 0.400. The molecular formula is C25H28N4O4S. The maximum Gasteiger partial charge on any atom is 0.243 e. The monoisotopic (exact) mass is 480 g/mol. The highest BCUT2D eigenvalue weighted by Gasteiger charge is 2.34. The number of aryl methyl sites for hydroxylation is 2. The van der Waals surface area contributed by atoms with Crippen molar-refractivity contribution in [2.75, 3.05) is 18.4 Å². The molecule has 1 aliphatic heterocycles. The number of carbonyl (C=O) groups excluding carboxylic acids is 1. The zero-order valence-electron chi connectivity index (χ0n) is 19.3. The molecule has 0 atom stereocenters. The van der Waals surface area contributed by atoms with E-state index in [1.54, 1.807) is 19.1 Å². The van der Waals surface area contributed by atoms with Crippen LogP contribution in [0.2, 0.25) is 0 Å². The summed E-state index contributed by atoms with van der Waals surface area (Å²) in [6.45, 7) is 4.37. The van der Waals surface area contributed by atoms with Gasteiger partial charge in [0, 0.05) is 36.2 Å². The SMILES string of the molecule is Cc1ccc(NC(=O)C2CCN(S(=O)(=O)c3cc(-c4noc(C5CC5)n4)ccc3C)CC2)cc1. The Morgan fingerprint density at radius 1 is 1.03 bits per heavy atom. The molecule has 2 aromatic carbocycles. The topological polar surface area (TPSA) is 105 Å². The molecule has 178 valence electrons. The van der Waals surface area contributed by atoms with Crippen molar-refractivity contribution >= 4 is 21.6 Å². The first-order valence-electron chi connectivity index (χ1n) is 11.6. The summed E-state index contributed by atoms with van der Waals surface area (Å²) in [4.78, 5) is 17.4. The first-order chi connectivity index (χ1) is 16.3. The summed E-state index contributed by atoms with van der Waals surface area (Å²) < 4.78 is 33.8. The van der Waals surface area contributed by atoms with Crippen LogP contribution < -0.4 is 5.32 Å². The van der Waals surface area contributed by atoms with Crippen LogP contribution in [-0.2, 0) is 14.8 Å². The fourth-order valence-corrected chi connectivity index (χ4v) is 5.96. The number of carbonyl (C=O) groups is 1. The second kappa shape index (κ2) is 8.96. The number of sulfonamides is 1. The highest BCUT2D eigenvalue weighted by atomic mass is 32.2. The molecule has 8 nitrogen and oxygen atoms in total. The van der Waals surface area contributed by atoms with Crippen LogP contribution in [0.1, 0.15) is 48.6 Å². The molecule has 2 fully saturated rings. The maximum atomic E-state index is 13.5. The van der Waals surface area contributed by atoms with Gasteiger partial charge in [0.15, 0.2) is 0 Å². The van der Waals surface area contributed by atoms with Crippen molar-refractivity contribution in [1.29, 1.82) is 0 Å². The zero-order valence-corrected chi connectivity index (χ0v) is 20.1. The number of anilines is 1. The molecule has 1 aromatic heterocycles. The Morgan fingerprint density at radius 2 is 1.74 bits per heavy atom. The van der Waals surface area contributed by atoms with Gasteiger partial charge in [-0.2, -0.15) is 9.29 Å². The van der Waals surface area contributed by atoms with Crippen molar-refractivity contribution in [2.24, 2.45) is 5.92 Å². The quantitative estimate of drug-likeness (QED) is 0.565. The summed E-state index contributed by atoms with van der Waals surface area (Å²) in [6.07, 6.45) is 3.05. The van der Waals surface area contributed by atoms with Crippen LogP contribution in [0.15, 0.2) is 51.9 Å². The van der Waals surface area contributed by atoms with E-state index < -0.39 is 10.0 Å². The predicted molar refractivity (Wildman–Crippen MR) is 128 cm³/mol. The van der Waals surface area contributed by atoms with Crippen LogP contribution in [0.3, 0.4) is 0 Å². The van der Waals surface area contributed by atoms with Crippen molar-refractivity contribution in [2.45, 2.75) is 50.3 Å². The fourth-order valence-electron chi connectivity index (χ4n) is 4.24. The maximum absolute atomic E-state index is 13.5. The number of nitrogens with one attached hydrogen (secondary N) is 1. The zero-order chi connectivity index (χ0) is 23.9. The van der Waals surface area contributed by atoms with Gasteiger partial charge in [-0.25, -0.2) is 8.42 Å². The van der Waals surface area contributed by atoms with E-state index in [4.69, 9.17) is 4.52 Å². The molecule has 1 amide bonds. The van der Waals surface area contributed by atoms with E-state index in [0.717, 1.165) is 24.1 Å². The number of benzene rings is 2. The molecule has 1 saturated heterocycles. The Balaban J connectivity index is 1.27. The molecule has 3 aromatic rings. The Hall–Kier alpha value is -3.04. The van der Waals surface area contributed by atoms with Gasteiger partial charge >= 0.3 is 0 Å². The number of piperidine rings is 1. The average molecular weight is 481 g/mol. The first kappa shape index (κ1) is 22.7. The largest absolute Gasteiger partial charge is 0.339 e. The lowest BCUT2D eigenvalue weighted by Crippen LogP contribution is -2.41. The van der Waals surface area contributed by atoms with Gasteiger partial charge in [0.25, 0.3) is 0 Å². The summed E-state index contributed by atoms with van der Waals surface area (Å²) in [7, 11) is -3.72. The van der Waals surface area contributed by atoms with Gasteiger partial charge in [0.1, 0.15) is 0 Å². The summed E-state index contributed by atoms with van der Waals surface area (Å²) in [5, 5.41) is 6.99. The molecule has 0 bridgehead atoms. The molecule has 0 unspecified atom stereocenters. The third-order valence-electron chi connectivity index (χ3n) is 6.58. The molecule has 9 heteroatoms. The van der Waals surface area contributed by atoms with Gasteiger partial charge < -0.3 is 9.84 Å². The summed E-state index contributed by atoms with van der Waals surface area (Å²) in [6, 6.07) is 12.9. The molecule has 5 rings (SSSR count). The van der Waals surface area contributed by atoms with E-state index in [1.165, 1.54) is 4.31 Å². The minimum atomic E-state index is -3.72. The second-order valence-electron chi connectivity index (χ2n) is 9.24. The molecule has 0 radical (unpaired) electrons. The second-order valence-corrected chi connectivity index (χ2v) is 11.2. The molecule has 34 heavy (non-hydrogen) atoms. The van der Waals surface area contributed by atoms with Crippen LogP contribution in [0, 0.1) is 19.8 Å². The molecule has 2 heterocycles. The summed E-state index contributed by atoms with van der Waals surface area (Å²) >= 11 is 0. The standard InChI is InChI=1S/C25H28N4O4S/c1-16-3-9-21(10-4-16)26-24(30)18-11-13-29(14-12-18)34(31,32)22-15-20(6-5-17(22)2)23-27-25(33-28-23)19-7-8-19/h3-6,9-10,15,18-19H,7-8,11-14H2,1-2H3,(H,26,30). The molecule has 1 aliphatic carbocycles. The number of rotatable bonds is 6. The number of amides is 1. The third kappa shape index (κ3) is 4.63. The Labute approximate surface area is 199 Å². The van der Waals surface area contributed by atoms with Gasteiger partial charge in [-0.1, -0.05) is 35.0 Å². The van der Waals surface area contributed by atoms with E-state index in [9.17, 15) is 13.2 Å². The van der Waals surface area contributed by atoms with Crippen molar-refractivity contribution in [3.05, 3.63) is 59.5 Å². The number of hydrogen-bond donors (Lipinski definition) is 1. The van der Waals surface area contributed by atoms with Crippen LogP contribution in [-0.4, -0.2) is 41.9 Å². The van der Waals surface area contributed by atoms with Gasteiger partial charge in [-0.3, -0.25) is 4.79 Å². The van der Waals surface area contributed by atoms with Gasteiger partial charge in [0.05, 0.1) is 4.90 Å². The lowest BCUT2D eigenvalue weighted by molar-refractivity contribution is -0.120. The van der Waals surface area contributed by atoms with E-state index >= 15 is 0 Å². The lowest BCUT2D eigenvalue weighted by Gasteiger charge is -2.31. The van der Waals surface area contributed by atoms with Gasteiger partial charge in [-0.15, -0.1) is 0 Å². The van der Waals surface area contributed by atoms with Crippen LogP contribution >= 0.6 is 0 Å². The summed E-state index contributed by atoms with van der Waals surface area (Å²) in [5.74, 6) is 1.07. The smallest absolute Gasteiger partial charge is 0.243 e. The van der Waals surface area contributed by atoms with Crippen molar-refractivity contribution in [3.8, 4) is 11.4 Å². The third-order valence-corrected chi connectivity index (χ3v) is 8.62. The minimum absolute atomic E-state index is 0.0670. The van der Waals surface area contributed by atoms with E-state index in [-0.39, 0.29) is 16.7 Å². The minimum Gasteiger partial charge on any atom is -0.339 e. The Morgan fingerprint density at radius 3 is 2.41 bits per heavy atom. The van der Waals surface area contributed by atoms with Gasteiger partial charge in [0.2, 0.25) is 27.6 Å². The van der Waals surface area contributed by atoms with E-state index in [2.05, 4.69) is 15.5 Å². The van der Waals surface area contributed by atoms with Gasteiger partial charge in [-0.05, 0) is 63.3 Å². The van der Waals surface area contributed by atoms with Crippen molar-refractivity contribution < 1.29 is 17.7 Å². The molecule has 2 aliphatic rings. The van der Waals surface area contributed by atoms with Crippen molar-refractivity contribution in [3.63, 3.8) is 0 Å². The Bertz CT molecular complexity index is 1300. The molecule has 1 N–H and O–H groups in total. The van der Waals surface area contributed by atoms with E-state index in [0.29, 0.717) is 54.7 Å². The highest BCUT2D eigenvalue weighted by molar-refractivity contribution is 7.89. The molecule has 1 saturated carbocycles. The first-order valence-corrected chi connectivity index (χ1v) is 13.1. The normalized spacial score (nSPS) is 17.6. The summed E-state index contributed by atoms with van der Waals surface area (Å²) in [5.41, 5.74) is 3.16. The van der Waals surface area contributed by atoms with Crippen LogP contribution in [0.4, 0.5) is 5.69 Å². The van der Waals surface area contributed by atoms with E-state index in [1.807, 2.05) is 37.3 Å². The Kier molecular flexibility index (Phi) is 5.99. The predicted octanol–water partition coefficient (Wildman–Crippen LogP) is 4.27. The highest BCUT2D eigenvalue weighted by Crippen LogP contribution is 2.39. The molecular weight excluding hydrogens is 452 g/mol. The molecule has 0 spiro atoms. The van der Waals surface area contributed by atoms with Crippen LogP contribution in [0.5, 0.6) is 0 Å². The number of nitrogens with zero attached hydrogens (tertiary/aromatic N) is 3. The number of aromatic nitrogens is 2. The number of hydrogen-bond acceptors (Lipinski definition) is 6. The van der Waals surface area contributed by atoms with Crippen molar-refractivity contribution in [1.82, 2.24) is 14.4 Å². The average Bonchev–Trinajstić information content (AvgIpc) is 3.57. The lowest BCUT2D eigenvalue weighted by atomic mass is 9.97.